The van der Waals surface area contributed by atoms with Crippen LogP contribution in [0.25, 0.3) is 6.08 Å². The molecule has 6 heteroatoms. The van der Waals surface area contributed by atoms with E-state index >= 15 is 0 Å². The molecule has 0 atom stereocenters. The number of carboxylic acid groups (broad SMARTS) is 1. The number of benzene rings is 2. The predicted octanol–water partition coefficient (Wildman–Crippen LogP) is 2.33. The number of ketones is 1. The molecule has 0 radical (unpaired) electrons. The van der Waals surface area contributed by atoms with E-state index in [9.17, 15) is 24.9 Å². The summed E-state index contributed by atoms with van der Waals surface area (Å²) in [5, 5.41) is 37.1. The lowest BCUT2D eigenvalue weighted by Crippen LogP contribution is -2.01. The fourth-order valence-corrected chi connectivity index (χ4v) is 1.98. The molecule has 2 rings (SSSR count). The summed E-state index contributed by atoms with van der Waals surface area (Å²) in [5.41, 5.74) is 0.924. The number of phenolic OH excluding ortho intramolecular Hbond substituents is 3. The number of phenols is 3. The highest BCUT2D eigenvalue weighted by Crippen LogP contribution is 2.26. The van der Waals surface area contributed by atoms with Crippen LogP contribution in [0.15, 0.2) is 42.5 Å². The molecule has 2 aromatic rings. The molecule has 6 nitrogen and oxygen atoms in total. The normalized spacial score (nSPS) is 10.8. The number of aromatic hydroxyl groups is 3. The molecule has 0 fully saturated rings. The maximum Gasteiger partial charge on any atom is 0.307 e. The first-order valence-corrected chi connectivity index (χ1v) is 6.65. The van der Waals surface area contributed by atoms with Gasteiger partial charge >= 0.3 is 5.97 Å². The minimum atomic E-state index is -1.03. The smallest absolute Gasteiger partial charge is 0.307 e. The Morgan fingerprint density at radius 1 is 0.913 bits per heavy atom. The van der Waals surface area contributed by atoms with Gasteiger partial charge in [0.05, 0.1) is 12.0 Å². The van der Waals surface area contributed by atoms with Gasteiger partial charge in [0.2, 0.25) is 0 Å². The van der Waals surface area contributed by atoms with Crippen molar-refractivity contribution >= 4 is 17.8 Å². The van der Waals surface area contributed by atoms with Gasteiger partial charge in [-0.1, -0.05) is 18.2 Å². The number of allylic oxidation sites excluding steroid dienone is 1. The molecule has 0 aliphatic heterocycles. The van der Waals surface area contributed by atoms with Crippen LogP contribution in [0, 0.1) is 0 Å². The fraction of sp³-hybridized carbons (Fsp3) is 0.0588. The van der Waals surface area contributed by atoms with Gasteiger partial charge in [0.15, 0.2) is 17.3 Å². The Morgan fingerprint density at radius 3 is 2.26 bits per heavy atom. The van der Waals surface area contributed by atoms with E-state index < -0.39 is 11.8 Å². The number of hydrogen-bond donors (Lipinski definition) is 4. The summed E-state index contributed by atoms with van der Waals surface area (Å²) in [6, 6.07) is 8.14. The van der Waals surface area contributed by atoms with Gasteiger partial charge in [-0.25, -0.2) is 0 Å². The van der Waals surface area contributed by atoms with E-state index in [1.54, 1.807) is 0 Å². The molecule has 23 heavy (non-hydrogen) atoms. The summed E-state index contributed by atoms with van der Waals surface area (Å²) in [7, 11) is 0. The minimum Gasteiger partial charge on any atom is -0.507 e. The van der Waals surface area contributed by atoms with Gasteiger partial charge in [0.1, 0.15) is 5.75 Å². The van der Waals surface area contributed by atoms with E-state index in [0.717, 1.165) is 0 Å². The van der Waals surface area contributed by atoms with Crippen molar-refractivity contribution in [2.45, 2.75) is 6.42 Å². The molecule has 0 spiro atoms. The van der Waals surface area contributed by atoms with Crippen molar-refractivity contribution in [3.05, 3.63) is 59.2 Å². The van der Waals surface area contributed by atoms with Crippen molar-refractivity contribution in [1.29, 1.82) is 0 Å². The monoisotopic (exact) mass is 314 g/mol. The Morgan fingerprint density at radius 2 is 1.65 bits per heavy atom. The topological polar surface area (TPSA) is 115 Å². The van der Waals surface area contributed by atoms with Crippen LogP contribution < -0.4 is 0 Å². The third-order valence-corrected chi connectivity index (χ3v) is 3.11. The molecule has 0 amide bonds. The Labute approximate surface area is 131 Å². The molecule has 118 valence electrons. The van der Waals surface area contributed by atoms with Crippen LogP contribution in [0.4, 0.5) is 0 Å². The predicted molar refractivity (Wildman–Crippen MR) is 82.6 cm³/mol. The summed E-state index contributed by atoms with van der Waals surface area (Å²) in [5.74, 6) is -2.37. The molecule has 0 unspecified atom stereocenters. The average Bonchev–Trinajstić information content (AvgIpc) is 2.47. The molecule has 0 aliphatic carbocycles. The fourth-order valence-electron chi connectivity index (χ4n) is 1.98. The van der Waals surface area contributed by atoms with Crippen molar-refractivity contribution in [3.8, 4) is 17.2 Å². The van der Waals surface area contributed by atoms with Gasteiger partial charge in [-0.2, -0.15) is 0 Å². The highest BCUT2D eigenvalue weighted by atomic mass is 16.4. The Bertz CT molecular complexity index is 792. The standard InChI is InChI=1S/C17H14O6/c18-13(5-2-10-3-6-14(19)16(21)7-10)12-4-1-11(8-15(12)20)9-17(22)23/h1-8,19-21H,9H2,(H,22,23). The van der Waals surface area contributed by atoms with Crippen LogP contribution >= 0.6 is 0 Å². The third kappa shape index (κ3) is 4.10. The first-order valence-electron chi connectivity index (χ1n) is 6.65. The molecule has 0 heterocycles. The molecular weight excluding hydrogens is 300 g/mol. The van der Waals surface area contributed by atoms with E-state index in [-0.39, 0.29) is 29.2 Å². The quantitative estimate of drug-likeness (QED) is 0.382. The summed E-state index contributed by atoms with van der Waals surface area (Å²) in [6.07, 6.45) is 2.38. The molecule has 0 aromatic heterocycles. The summed E-state index contributed by atoms with van der Waals surface area (Å²) < 4.78 is 0. The average molecular weight is 314 g/mol. The lowest BCUT2D eigenvalue weighted by atomic mass is 10.0. The second kappa shape index (κ2) is 6.65. The van der Waals surface area contributed by atoms with Gasteiger partial charge in [-0.05, 0) is 41.5 Å². The van der Waals surface area contributed by atoms with Crippen molar-refractivity contribution < 1.29 is 30.0 Å². The summed E-state index contributed by atoms with van der Waals surface area (Å²) in [6.45, 7) is 0. The zero-order chi connectivity index (χ0) is 17.0. The van der Waals surface area contributed by atoms with Crippen molar-refractivity contribution in [2.24, 2.45) is 0 Å². The van der Waals surface area contributed by atoms with Crippen LogP contribution in [-0.4, -0.2) is 32.2 Å². The maximum absolute atomic E-state index is 12.0. The van der Waals surface area contributed by atoms with Gasteiger partial charge in [-0.3, -0.25) is 9.59 Å². The molecule has 2 aromatic carbocycles. The molecule has 4 N–H and O–H groups in total. The lowest BCUT2D eigenvalue weighted by Gasteiger charge is -2.03. The molecule has 0 saturated carbocycles. The highest BCUT2D eigenvalue weighted by Gasteiger charge is 2.10. The van der Waals surface area contributed by atoms with Crippen LogP contribution in [-0.2, 0) is 11.2 Å². The molecule has 0 saturated heterocycles. The molecule has 0 bridgehead atoms. The Kier molecular flexibility index (Phi) is 4.66. The van der Waals surface area contributed by atoms with Gasteiger partial charge in [0.25, 0.3) is 0 Å². The van der Waals surface area contributed by atoms with E-state index in [2.05, 4.69) is 0 Å². The number of aliphatic carboxylic acids is 1. The summed E-state index contributed by atoms with van der Waals surface area (Å²) in [4.78, 5) is 22.7. The second-order valence-electron chi connectivity index (χ2n) is 4.87. The zero-order valence-electron chi connectivity index (χ0n) is 11.9. The maximum atomic E-state index is 12.0. The van der Waals surface area contributed by atoms with E-state index in [0.29, 0.717) is 11.1 Å². The van der Waals surface area contributed by atoms with Crippen molar-refractivity contribution in [3.63, 3.8) is 0 Å². The SMILES string of the molecule is O=C(O)Cc1ccc(C(=O)C=Cc2ccc(O)c(O)c2)c(O)c1. The number of carbonyl (C=O) groups excluding carboxylic acids is 1. The van der Waals surface area contributed by atoms with Crippen molar-refractivity contribution in [1.82, 2.24) is 0 Å². The van der Waals surface area contributed by atoms with Crippen LogP contribution in [0.2, 0.25) is 0 Å². The first-order chi connectivity index (χ1) is 10.9. The number of carbonyl (C=O) groups is 2. The number of hydrogen-bond acceptors (Lipinski definition) is 5. The van der Waals surface area contributed by atoms with E-state index in [1.807, 2.05) is 0 Å². The van der Waals surface area contributed by atoms with E-state index in [4.69, 9.17) is 5.11 Å². The van der Waals surface area contributed by atoms with Crippen LogP contribution in [0.3, 0.4) is 0 Å². The lowest BCUT2D eigenvalue weighted by molar-refractivity contribution is -0.136. The highest BCUT2D eigenvalue weighted by molar-refractivity contribution is 6.08. The molecular formula is C17H14O6. The number of rotatable bonds is 5. The van der Waals surface area contributed by atoms with Gasteiger partial charge in [0, 0.05) is 0 Å². The van der Waals surface area contributed by atoms with E-state index in [1.165, 1.54) is 48.6 Å². The zero-order valence-corrected chi connectivity index (χ0v) is 11.9. The first kappa shape index (κ1) is 16.1. The Balaban J connectivity index is 2.18. The third-order valence-electron chi connectivity index (χ3n) is 3.11. The van der Waals surface area contributed by atoms with Crippen LogP contribution in [0.1, 0.15) is 21.5 Å². The Hall–Kier alpha value is -3.28. The van der Waals surface area contributed by atoms with Gasteiger partial charge in [-0.15, -0.1) is 0 Å². The largest absolute Gasteiger partial charge is 0.507 e. The van der Waals surface area contributed by atoms with Crippen molar-refractivity contribution in [2.75, 3.05) is 0 Å². The van der Waals surface area contributed by atoms with Crippen LogP contribution in [0.5, 0.6) is 17.2 Å². The molecule has 0 aliphatic rings. The second-order valence-corrected chi connectivity index (χ2v) is 4.87. The number of carboxylic acids is 1. The van der Waals surface area contributed by atoms with Gasteiger partial charge < -0.3 is 20.4 Å². The minimum absolute atomic E-state index is 0.0402. The summed E-state index contributed by atoms with van der Waals surface area (Å²) >= 11 is 0.